The Bertz CT molecular complexity index is 1350. The fourth-order valence-corrected chi connectivity index (χ4v) is 4.38. The Labute approximate surface area is 205 Å². The van der Waals surface area contributed by atoms with Crippen molar-refractivity contribution in [3.63, 3.8) is 0 Å². The number of ether oxygens (including phenoxy) is 2. The number of carbonyl (C=O) groups is 2. The first-order valence-electron chi connectivity index (χ1n) is 11.3. The number of fused-ring (bicyclic) bond motifs is 1. The molecule has 0 aromatic heterocycles. The molecule has 186 valence electrons. The lowest BCUT2D eigenvalue weighted by Gasteiger charge is -2.19. The maximum absolute atomic E-state index is 13.8. The zero-order valence-electron chi connectivity index (χ0n) is 19.6. The molecule has 9 heteroatoms. The molecule has 0 spiro atoms. The standard InChI is InChI=1S/C27H23F3N2O4/c1-32(2)24(33)17-5-3-16(4-6-17)20-14-19(8-9-21(20)27(28,29)30)31-25(34)26(11-12-26)18-7-10-22-23(13-18)36-15-35-22/h3-10,13-14H,11-12,15H2,1-2H3,(H,31,34). The van der Waals surface area contributed by atoms with E-state index in [0.717, 1.165) is 11.6 Å². The smallest absolute Gasteiger partial charge is 0.417 e. The highest BCUT2D eigenvalue weighted by molar-refractivity contribution is 6.02. The van der Waals surface area contributed by atoms with Gasteiger partial charge in [-0.25, -0.2) is 0 Å². The number of amides is 2. The van der Waals surface area contributed by atoms with E-state index in [1.165, 1.54) is 41.3 Å². The summed E-state index contributed by atoms with van der Waals surface area (Å²) in [5.74, 6) is 0.635. The third-order valence-corrected chi connectivity index (χ3v) is 6.54. The number of hydrogen-bond acceptors (Lipinski definition) is 4. The van der Waals surface area contributed by atoms with Crippen molar-refractivity contribution in [3.8, 4) is 22.6 Å². The molecule has 3 aromatic rings. The summed E-state index contributed by atoms with van der Waals surface area (Å²) >= 11 is 0. The van der Waals surface area contributed by atoms with Gasteiger partial charge in [-0.05, 0) is 72.0 Å². The second kappa shape index (κ2) is 8.58. The van der Waals surface area contributed by atoms with E-state index in [4.69, 9.17) is 9.47 Å². The van der Waals surface area contributed by atoms with Crippen molar-refractivity contribution in [2.24, 2.45) is 0 Å². The van der Waals surface area contributed by atoms with Gasteiger partial charge in [-0.2, -0.15) is 13.2 Å². The first kappa shape index (κ1) is 23.7. The molecule has 6 nitrogen and oxygen atoms in total. The van der Waals surface area contributed by atoms with Crippen LogP contribution in [0.25, 0.3) is 11.1 Å². The van der Waals surface area contributed by atoms with Gasteiger partial charge in [0.05, 0.1) is 11.0 Å². The Morgan fingerprint density at radius 1 is 0.917 bits per heavy atom. The Hall–Kier alpha value is -4.01. The van der Waals surface area contributed by atoms with Gasteiger partial charge in [0.25, 0.3) is 5.91 Å². The molecule has 36 heavy (non-hydrogen) atoms. The maximum atomic E-state index is 13.8. The summed E-state index contributed by atoms with van der Waals surface area (Å²) in [7, 11) is 3.20. The number of carbonyl (C=O) groups excluding carboxylic acids is 2. The number of anilines is 1. The fraction of sp³-hybridized carbons (Fsp3) is 0.259. The molecule has 3 aromatic carbocycles. The lowest BCUT2D eigenvalue weighted by Crippen LogP contribution is -2.27. The van der Waals surface area contributed by atoms with Crippen molar-refractivity contribution in [2.75, 3.05) is 26.2 Å². The summed E-state index contributed by atoms with van der Waals surface area (Å²) in [5, 5.41) is 2.81. The first-order valence-corrected chi connectivity index (χ1v) is 11.3. The van der Waals surface area contributed by atoms with Crippen LogP contribution in [0.5, 0.6) is 11.5 Å². The molecule has 1 heterocycles. The van der Waals surface area contributed by atoms with E-state index in [-0.39, 0.29) is 35.4 Å². The predicted octanol–water partition coefficient (Wildman–Crippen LogP) is 5.47. The molecule has 1 N–H and O–H groups in total. The molecule has 1 aliphatic carbocycles. The van der Waals surface area contributed by atoms with Gasteiger partial charge in [-0.15, -0.1) is 0 Å². The number of alkyl halides is 3. The molecule has 0 saturated heterocycles. The minimum Gasteiger partial charge on any atom is -0.454 e. The number of rotatable bonds is 5. The van der Waals surface area contributed by atoms with Crippen LogP contribution in [-0.4, -0.2) is 37.6 Å². The van der Waals surface area contributed by atoms with Crippen LogP contribution in [0.2, 0.25) is 0 Å². The van der Waals surface area contributed by atoms with Gasteiger partial charge in [0, 0.05) is 25.3 Å². The Balaban J connectivity index is 1.44. The van der Waals surface area contributed by atoms with Crippen LogP contribution in [0, 0.1) is 0 Å². The molecule has 0 unspecified atom stereocenters. The third-order valence-electron chi connectivity index (χ3n) is 6.54. The third kappa shape index (κ3) is 4.25. The van der Waals surface area contributed by atoms with E-state index in [1.807, 2.05) is 6.07 Å². The van der Waals surface area contributed by atoms with Crippen LogP contribution in [0.1, 0.15) is 34.3 Å². The molecule has 1 fully saturated rings. The van der Waals surface area contributed by atoms with Gasteiger partial charge in [0.2, 0.25) is 12.7 Å². The van der Waals surface area contributed by atoms with Crippen LogP contribution in [-0.2, 0) is 16.4 Å². The number of nitrogens with zero attached hydrogens (tertiary/aromatic N) is 1. The molecule has 0 bridgehead atoms. The monoisotopic (exact) mass is 496 g/mol. The first-order chi connectivity index (χ1) is 17.1. The number of hydrogen-bond donors (Lipinski definition) is 1. The predicted molar refractivity (Wildman–Crippen MR) is 127 cm³/mol. The van der Waals surface area contributed by atoms with Crippen molar-refractivity contribution >= 4 is 17.5 Å². The molecule has 0 atom stereocenters. The molecular weight excluding hydrogens is 473 g/mol. The molecule has 2 aliphatic rings. The normalized spacial score (nSPS) is 15.4. The second-order valence-electron chi connectivity index (χ2n) is 9.14. The summed E-state index contributed by atoms with van der Waals surface area (Å²) < 4.78 is 52.2. The lowest BCUT2D eigenvalue weighted by atomic mass is 9.94. The Kier molecular flexibility index (Phi) is 5.65. The quantitative estimate of drug-likeness (QED) is 0.509. The lowest BCUT2D eigenvalue weighted by molar-refractivity contribution is -0.137. The largest absolute Gasteiger partial charge is 0.454 e. The average molecular weight is 496 g/mol. The van der Waals surface area contributed by atoms with Crippen molar-refractivity contribution < 1.29 is 32.2 Å². The highest BCUT2D eigenvalue weighted by Crippen LogP contribution is 2.51. The van der Waals surface area contributed by atoms with E-state index >= 15 is 0 Å². The molecule has 1 saturated carbocycles. The summed E-state index contributed by atoms with van der Waals surface area (Å²) in [6.45, 7) is 0.122. The summed E-state index contributed by atoms with van der Waals surface area (Å²) in [6.07, 6.45) is -3.36. The van der Waals surface area contributed by atoms with Gasteiger partial charge in [0.1, 0.15) is 0 Å². The van der Waals surface area contributed by atoms with Crippen molar-refractivity contribution in [3.05, 3.63) is 77.4 Å². The van der Waals surface area contributed by atoms with E-state index in [2.05, 4.69) is 5.32 Å². The van der Waals surface area contributed by atoms with Gasteiger partial charge < -0.3 is 19.7 Å². The van der Waals surface area contributed by atoms with E-state index in [9.17, 15) is 22.8 Å². The molecule has 5 rings (SSSR count). The highest BCUT2D eigenvalue weighted by atomic mass is 19.4. The summed E-state index contributed by atoms with van der Waals surface area (Å²) in [5.41, 5.74) is -0.00754. The number of benzene rings is 3. The zero-order valence-corrected chi connectivity index (χ0v) is 19.6. The van der Waals surface area contributed by atoms with Crippen LogP contribution in [0.4, 0.5) is 18.9 Å². The van der Waals surface area contributed by atoms with Crippen LogP contribution in [0.3, 0.4) is 0 Å². The second-order valence-corrected chi connectivity index (χ2v) is 9.14. The van der Waals surface area contributed by atoms with Crippen LogP contribution >= 0.6 is 0 Å². The maximum Gasteiger partial charge on any atom is 0.417 e. The van der Waals surface area contributed by atoms with Gasteiger partial charge >= 0.3 is 6.18 Å². The number of halogens is 3. The Morgan fingerprint density at radius 2 is 1.61 bits per heavy atom. The van der Waals surface area contributed by atoms with Gasteiger partial charge in [-0.3, -0.25) is 9.59 Å². The molecule has 1 aliphatic heterocycles. The highest BCUT2D eigenvalue weighted by Gasteiger charge is 2.51. The summed E-state index contributed by atoms with van der Waals surface area (Å²) in [6, 6.07) is 14.8. The minimum absolute atomic E-state index is 0.0860. The van der Waals surface area contributed by atoms with Crippen molar-refractivity contribution in [1.82, 2.24) is 4.90 Å². The minimum atomic E-state index is -4.60. The fourth-order valence-electron chi connectivity index (χ4n) is 4.38. The topological polar surface area (TPSA) is 67.9 Å². The van der Waals surface area contributed by atoms with Gasteiger partial charge in [0.15, 0.2) is 11.5 Å². The molecule has 2 amide bonds. The SMILES string of the molecule is CN(C)C(=O)c1ccc(-c2cc(NC(=O)C3(c4ccc5c(c4)OCO5)CC3)ccc2C(F)(F)F)cc1. The van der Waals surface area contributed by atoms with E-state index < -0.39 is 17.2 Å². The summed E-state index contributed by atoms with van der Waals surface area (Å²) in [4.78, 5) is 26.8. The van der Waals surface area contributed by atoms with Crippen LogP contribution < -0.4 is 14.8 Å². The molecule has 0 radical (unpaired) electrons. The molecular formula is C27H23F3N2O4. The van der Waals surface area contributed by atoms with Crippen molar-refractivity contribution in [1.29, 1.82) is 0 Å². The van der Waals surface area contributed by atoms with E-state index in [0.29, 0.717) is 29.9 Å². The van der Waals surface area contributed by atoms with Crippen molar-refractivity contribution in [2.45, 2.75) is 24.4 Å². The van der Waals surface area contributed by atoms with Crippen LogP contribution in [0.15, 0.2) is 60.7 Å². The van der Waals surface area contributed by atoms with E-state index in [1.54, 1.807) is 26.2 Å². The van der Waals surface area contributed by atoms with Gasteiger partial charge in [-0.1, -0.05) is 18.2 Å². The number of nitrogens with one attached hydrogen (secondary N) is 1. The average Bonchev–Trinajstić information content (AvgIpc) is 3.53. The Morgan fingerprint density at radius 3 is 2.25 bits per heavy atom. The zero-order chi connectivity index (χ0) is 25.7.